The first-order chi connectivity index (χ1) is 12.7. The van der Waals surface area contributed by atoms with Crippen LogP contribution in [0.25, 0.3) is 0 Å². The van der Waals surface area contributed by atoms with Crippen LogP contribution in [0.15, 0.2) is 60.0 Å². The van der Waals surface area contributed by atoms with E-state index < -0.39 is 0 Å². The van der Waals surface area contributed by atoms with Crippen LogP contribution in [0, 0.1) is 6.92 Å². The molecule has 0 aliphatic rings. The predicted octanol–water partition coefficient (Wildman–Crippen LogP) is 1.82. The van der Waals surface area contributed by atoms with E-state index in [1.165, 1.54) is 0 Å². The molecule has 134 valence electrons. The Balaban J connectivity index is 1.73. The number of carbonyl (C=O) groups excluding carboxylic acids is 1. The second-order valence-electron chi connectivity index (χ2n) is 5.84. The summed E-state index contributed by atoms with van der Waals surface area (Å²) in [5, 5.41) is 9.05. The minimum absolute atomic E-state index is 0.325. The molecule has 0 bridgehead atoms. The Morgan fingerprint density at radius 1 is 1.15 bits per heavy atom. The highest BCUT2D eigenvalue weighted by Crippen LogP contribution is 2.08. The van der Waals surface area contributed by atoms with Crippen molar-refractivity contribution in [3.8, 4) is 0 Å². The monoisotopic (exact) mass is 351 g/mol. The fourth-order valence-electron chi connectivity index (χ4n) is 2.54. The van der Waals surface area contributed by atoms with Crippen molar-refractivity contribution in [1.29, 1.82) is 0 Å². The van der Waals surface area contributed by atoms with Crippen LogP contribution in [0.3, 0.4) is 0 Å². The van der Waals surface area contributed by atoms with Crippen LogP contribution in [0.2, 0.25) is 0 Å². The van der Waals surface area contributed by atoms with Gasteiger partial charge in [0, 0.05) is 19.0 Å². The van der Waals surface area contributed by atoms with E-state index in [1.54, 1.807) is 34.9 Å². The van der Waals surface area contributed by atoms with E-state index in [-0.39, 0.29) is 5.91 Å². The quantitative estimate of drug-likeness (QED) is 0.679. The van der Waals surface area contributed by atoms with E-state index in [1.807, 2.05) is 43.5 Å². The molecule has 0 spiro atoms. The highest BCUT2D eigenvalue weighted by Gasteiger charge is 2.13. The average Bonchev–Trinajstić information content (AvgIpc) is 3.03. The number of benzene rings is 1. The fraction of sp³-hybridized carbons (Fsp3) is 0.263. The molecule has 0 radical (unpaired) electrons. The van der Waals surface area contributed by atoms with Crippen LogP contribution in [0.4, 0.5) is 0 Å². The van der Waals surface area contributed by atoms with Crippen molar-refractivity contribution in [2.45, 2.75) is 20.0 Å². The third kappa shape index (κ3) is 4.31. The van der Waals surface area contributed by atoms with Gasteiger partial charge in [0.25, 0.3) is 5.91 Å². The maximum atomic E-state index is 12.4. The summed E-state index contributed by atoms with van der Waals surface area (Å²) in [6.45, 7) is 3.65. The van der Waals surface area contributed by atoms with Crippen molar-refractivity contribution in [2.75, 3.05) is 13.7 Å². The molecule has 26 heavy (non-hydrogen) atoms. The Morgan fingerprint density at radius 3 is 2.65 bits per heavy atom. The van der Waals surface area contributed by atoms with Gasteiger partial charge in [0.2, 0.25) is 0 Å². The van der Waals surface area contributed by atoms with Crippen molar-refractivity contribution in [3.05, 3.63) is 77.2 Å². The van der Waals surface area contributed by atoms with E-state index in [0.29, 0.717) is 30.6 Å². The molecule has 0 fully saturated rings. The van der Waals surface area contributed by atoms with Gasteiger partial charge in [-0.2, -0.15) is 10.2 Å². The first-order valence-electron chi connectivity index (χ1n) is 8.34. The molecule has 1 amide bonds. The fourth-order valence-corrected chi connectivity index (χ4v) is 2.54. The minimum atomic E-state index is -0.325. The lowest BCUT2D eigenvalue weighted by atomic mass is 10.2. The zero-order valence-corrected chi connectivity index (χ0v) is 14.9. The lowest BCUT2D eigenvalue weighted by Crippen LogP contribution is -2.13. The zero-order chi connectivity index (χ0) is 18.4. The van der Waals surface area contributed by atoms with Crippen molar-refractivity contribution in [2.24, 2.45) is 4.99 Å². The zero-order valence-electron chi connectivity index (χ0n) is 14.9. The Hall–Kier alpha value is -3.06. The van der Waals surface area contributed by atoms with Crippen molar-refractivity contribution >= 4 is 5.91 Å². The van der Waals surface area contributed by atoms with Crippen molar-refractivity contribution < 1.29 is 9.53 Å². The van der Waals surface area contributed by atoms with E-state index in [4.69, 9.17) is 4.74 Å². The van der Waals surface area contributed by atoms with E-state index >= 15 is 0 Å². The maximum Gasteiger partial charge on any atom is 0.281 e. The van der Waals surface area contributed by atoms with Gasteiger partial charge in [0.05, 0.1) is 43.0 Å². The minimum Gasteiger partial charge on any atom is -0.383 e. The normalized spacial score (nSPS) is 11.7. The SMILES string of the molecule is COCCn1ncc(C(=O)N=c2ccn(Cc3ccccc3)nc2)c1C. The predicted molar refractivity (Wildman–Crippen MR) is 96.5 cm³/mol. The van der Waals surface area contributed by atoms with Crippen LogP contribution >= 0.6 is 0 Å². The van der Waals surface area contributed by atoms with Gasteiger partial charge in [-0.1, -0.05) is 30.3 Å². The first-order valence-corrected chi connectivity index (χ1v) is 8.34. The Bertz CT molecular complexity index is 924. The third-order valence-corrected chi connectivity index (χ3v) is 4.01. The number of carbonyl (C=O) groups is 1. The molecule has 3 aromatic rings. The highest BCUT2D eigenvalue weighted by molar-refractivity contribution is 5.95. The lowest BCUT2D eigenvalue weighted by molar-refractivity contribution is 0.0997. The number of hydrogen-bond acceptors (Lipinski definition) is 4. The van der Waals surface area contributed by atoms with Crippen molar-refractivity contribution in [1.82, 2.24) is 19.6 Å². The molecule has 0 aliphatic carbocycles. The molecule has 7 heteroatoms. The highest BCUT2D eigenvalue weighted by atomic mass is 16.5. The van der Waals surface area contributed by atoms with Gasteiger partial charge in [-0.25, -0.2) is 4.99 Å². The topological polar surface area (TPSA) is 74.3 Å². The van der Waals surface area contributed by atoms with Gasteiger partial charge in [-0.3, -0.25) is 14.2 Å². The molecule has 0 atom stereocenters. The van der Waals surface area contributed by atoms with Crippen LogP contribution < -0.4 is 5.36 Å². The van der Waals surface area contributed by atoms with Crippen LogP contribution in [-0.4, -0.2) is 39.2 Å². The second kappa shape index (κ2) is 8.35. The second-order valence-corrected chi connectivity index (χ2v) is 5.84. The summed E-state index contributed by atoms with van der Waals surface area (Å²) in [5.74, 6) is -0.325. The molecular weight excluding hydrogens is 330 g/mol. The van der Waals surface area contributed by atoms with Gasteiger partial charge in [0.1, 0.15) is 0 Å². The summed E-state index contributed by atoms with van der Waals surface area (Å²) in [6, 6.07) is 11.8. The summed E-state index contributed by atoms with van der Waals surface area (Å²) >= 11 is 0. The van der Waals surface area contributed by atoms with Crippen LogP contribution in [-0.2, 0) is 17.8 Å². The van der Waals surface area contributed by atoms with Crippen molar-refractivity contribution in [3.63, 3.8) is 0 Å². The smallest absolute Gasteiger partial charge is 0.281 e. The summed E-state index contributed by atoms with van der Waals surface area (Å²) in [7, 11) is 1.63. The van der Waals surface area contributed by atoms with Gasteiger partial charge in [-0.15, -0.1) is 0 Å². The standard InChI is InChI=1S/C19H21N5O2/c1-15-18(13-21-24(15)10-11-26-2)19(25)22-17-8-9-23(20-12-17)14-16-6-4-3-5-7-16/h3-9,12-13H,10-11,14H2,1-2H3. The van der Waals surface area contributed by atoms with Gasteiger partial charge >= 0.3 is 0 Å². The van der Waals surface area contributed by atoms with E-state index in [0.717, 1.165) is 11.3 Å². The van der Waals surface area contributed by atoms with E-state index in [2.05, 4.69) is 15.2 Å². The Labute approximate surface area is 151 Å². The van der Waals surface area contributed by atoms with Gasteiger partial charge in [0.15, 0.2) is 0 Å². The molecule has 1 aromatic carbocycles. The molecule has 0 unspecified atom stereocenters. The molecular formula is C19H21N5O2. The number of aromatic nitrogens is 4. The third-order valence-electron chi connectivity index (χ3n) is 4.01. The number of methoxy groups -OCH3 is 1. The molecule has 3 rings (SSSR count). The first kappa shape index (κ1) is 17.8. The number of ether oxygens (including phenoxy) is 1. The summed E-state index contributed by atoms with van der Waals surface area (Å²) < 4.78 is 8.58. The lowest BCUT2D eigenvalue weighted by Gasteiger charge is -2.04. The molecule has 2 aromatic heterocycles. The molecule has 7 nitrogen and oxygen atoms in total. The summed E-state index contributed by atoms with van der Waals surface area (Å²) in [6.07, 6.45) is 4.95. The Morgan fingerprint density at radius 2 is 1.96 bits per heavy atom. The average molecular weight is 351 g/mol. The number of nitrogens with zero attached hydrogens (tertiary/aromatic N) is 5. The number of amides is 1. The summed E-state index contributed by atoms with van der Waals surface area (Å²) in [4.78, 5) is 16.5. The van der Waals surface area contributed by atoms with Crippen LogP contribution in [0.1, 0.15) is 21.6 Å². The molecule has 0 saturated carbocycles. The maximum absolute atomic E-state index is 12.4. The summed E-state index contributed by atoms with van der Waals surface area (Å²) in [5.41, 5.74) is 2.42. The van der Waals surface area contributed by atoms with Crippen LogP contribution in [0.5, 0.6) is 0 Å². The van der Waals surface area contributed by atoms with Gasteiger partial charge < -0.3 is 4.74 Å². The molecule has 2 heterocycles. The van der Waals surface area contributed by atoms with E-state index in [9.17, 15) is 4.79 Å². The van der Waals surface area contributed by atoms with Gasteiger partial charge in [-0.05, 0) is 18.6 Å². The Kier molecular flexibility index (Phi) is 5.70. The number of rotatable bonds is 6. The molecule has 0 saturated heterocycles. The molecule has 0 aliphatic heterocycles. The largest absolute Gasteiger partial charge is 0.383 e. The number of hydrogen-bond donors (Lipinski definition) is 0. The molecule has 0 N–H and O–H groups in total.